The molecule has 28 heavy (non-hydrogen) atoms. The summed E-state index contributed by atoms with van der Waals surface area (Å²) in [6, 6.07) is 23.0. The highest BCUT2D eigenvalue weighted by Gasteiger charge is 2.18. The summed E-state index contributed by atoms with van der Waals surface area (Å²) >= 11 is 0. The van der Waals surface area contributed by atoms with Crippen LogP contribution >= 0.6 is 0 Å². The van der Waals surface area contributed by atoms with Crippen molar-refractivity contribution in [1.82, 2.24) is 14.1 Å². The number of rotatable bonds is 5. The van der Waals surface area contributed by atoms with Crippen LogP contribution in [-0.2, 0) is 13.0 Å². The minimum atomic E-state index is -0.340. The zero-order chi connectivity index (χ0) is 19.5. The molecular formula is C23H21N3O2. The average Bonchev–Trinajstić information content (AvgIpc) is 2.75. The summed E-state index contributed by atoms with van der Waals surface area (Å²) in [6.07, 6.45) is 2.20. The summed E-state index contributed by atoms with van der Waals surface area (Å²) in [7, 11) is 0. The first-order chi connectivity index (χ1) is 13.7. The number of hydrogen-bond donors (Lipinski definition) is 0. The third-order valence-corrected chi connectivity index (χ3v) is 5.07. The molecule has 0 saturated carbocycles. The minimum Gasteiger partial charge on any atom is -0.284 e. The van der Waals surface area contributed by atoms with E-state index in [1.54, 1.807) is 22.9 Å². The molecule has 0 amide bonds. The molecule has 0 aliphatic heterocycles. The molecule has 2 heterocycles. The van der Waals surface area contributed by atoms with Crippen molar-refractivity contribution in [2.24, 2.45) is 0 Å². The van der Waals surface area contributed by atoms with Gasteiger partial charge in [0.2, 0.25) is 0 Å². The van der Waals surface area contributed by atoms with Crippen molar-refractivity contribution >= 4 is 11.0 Å². The highest BCUT2D eigenvalue weighted by Crippen LogP contribution is 2.19. The van der Waals surface area contributed by atoms with Crippen molar-refractivity contribution in [3.05, 3.63) is 111 Å². The molecule has 0 aliphatic rings. The molecule has 140 valence electrons. The van der Waals surface area contributed by atoms with E-state index in [4.69, 9.17) is 0 Å². The van der Waals surface area contributed by atoms with Crippen LogP contribution in [0.15, 0.2) is 88.6 Å². The van der Waals surface area contributed by atoms with E-state index in [9.17, 15) is 9.59 Å². The lowest BCUT2D eigenvalue weighted by atomic mass is 10.1. The van der Waals surface area contributed by atoms with E-state index in [1.807, 2.05) is 67.6 Å². The monoisotopic (exact) mass is 371 g/mol. The third kappa shape index (κ3) is 3.27. The van der Waals surface area contributed by atoms with Crippen molar-refractivity contribution in [3.63, 3.8) is 0 Å². The van der Waals surface area contributed by atoms with Crippen LogP contribution in [-0.4, -0.2) is 14.1 Å². The number of fused-ring (bicyclic) bond motifs is 1. The topological polar surface area (TPSA) is 56.9 Å². The van der Waals surface area contributed by atoms with Gasteiger partial charge in [0, 0.05) is 12.7 Å². The number of hydrogen-bond acceptors (Lipinski definition) is 3. The molecule has 4 aromatic rings. The second-order valence-electron chi connectivity index (χ2n) is 6.80. The van der Waals surface area contributed by atoms with Crippen molar-refractivity contribution in [1.29, 1.82) is 0 Å². The smallest absolute Gasteiger partial charge is 0.284 e. The molecule has 1 atom stereocenters. The zero-order valence-corrected chi connectivity index (χ0v) is 15.7. The van der Waals surface area contributed by atoms with Gasteiger partial charge in [0.15, 0.2) is 5.52 Å². The number of aromatic nitrogens is 3. The van der Waals surface area contributed by atoms with Crippen LogP contribution in [0.1, 0.15) is 24.1 Å². The Morgan fingerprint density at radius 3 is 2.29 bits per heavy atom. The first-order valence-electron chi connectivity index (χ1n) is 9.36. The average molecular weight is 371 g/mol. The number of nitrogens with zero attached hydrogens (tertiary/aromatic N) is 3. The van der Waals surface area contributed by atoms with E-state index < -0.39 is 0 Å². The second kappa shape index (κ2) is 7.64. The van der Waals surface area contributed by atoms with Gasteiger partial charge in [-0.25, -0.2) is 9.78 Å². The zero-order valence-electron chi connectivity index (χ0n) is 15.7. The Kier molecular flexibility index (Phi) is 4.89. The SMILES string of the molecule is CC(c1ccccc1)n1c(=O)n(CCc2ccccc2)c(=O)c2ncccc21. The molecule has 0 fully saturated rings. The van der Waals surface area contributed by atoms with Crippen LogP contribution in [0.4, 0.5) is 0 Å². The fraction of sp³-hybridized carbons (Fsp3) is 0.174. The van der Waals surface area contributed by atoms with Crippen LogP contribution in [0, 0.1) is 0 Å². The lowest BCUT2D eigenvalue weighted by Gasteiger charge is -2.20. The summed E-state index contributed by atoms with van der Waals surface area (Å²) in [4.78, 5) is 30.6. The minimum absolute atomic E-state index is 0.219. The first kappa shape index (κ1) is 17.9. The largest absolute Gasteiger partial charge is 0.332 e. The van der Waals surface area contributed by atoms with Crippen LogP contribution in [0.5, 0.6) is 0 Å². The molecule has 0 N–H and O–H groups in total. The molecule has 1 unspecified atom stereocenters. The normalized spacial score (nSPS) is 12.2. The molecule has 0 spiro atoms. The number of benzene rings is 2. The summed E-state index contributed by atoms with van der Waals surface area (Å²) in [6.45, 7) is 2.28. The summed E-state index contributed by atoms with van der Waals surface area (Å²) in [5.41, 5.74) is 2.31. The number of aryl methyl sites for hydroxylation is 1. The van der Waals surface area contributed by atoms with E-state index in [0.717, 1.165) is 11.1 Å². The summed E-state index contributed by atoms with van der Waals surface area (Å²) < 4.78 is 2.98. The Balaban J connectivity index is 1.87. The van der Waals surface area contributed by atoms with Crippen LogP contribution in [0.25, 0.3) is 11.0 Å². The van der Waals surface area contributed by atoms with E-state index in [0.29, 0.717) is 24.0 Å². The molecule has 5 heteroatoms. The lowest BCUT2D eigenvalue weighted by Crippen LogP contribution is -2.42. The Labute approximate surface area is 162 Å². The van der Waals surface area contributed by atoms with Gasteiger partial charge >= 0.3 is 5.69 Å². The maximum absolute atomic E-state index is 13.3. The molecule has 5 nitrogen and oxygen atoms in total. The lowest BCUT2D eigenvalue weighted by molar-refractivity contribution is 0.543. The highest BCUT2D eigenvalue weighted by molar-refractivity contribution is 5.73. The van der Waals surface area contributed by atoms with E-state index >= 15 is 0 Å². The Morgan fingerprint density at radius 1 is 0.893 bits per heavy atom. The predicted octanol–water partition coefficient (Wildman–Crippen LogP) is 3.41. The first-order valence-corrected chi connectivity index (χ1v) is 9.36. The van der Waals surface area contributed by atoms with Crippen LogP contribution in [0.2, 0.25) is 0 Å². The number of pyridine rings is 1. The highest BCUT2D eigenvalue weighted by atomic mass is 16.2. The van der Waals surface area contributed by atoms with E-state index in [1.165, 1.54) is 4.57 Å². The van der Waals surface area contributed by atoms with Crippen molar-refractivity contribution in [3.8, 4) is 0 Å². The molecule has 0 bridgehead atoms. The maximum Gasteiger partial charge on any atom is 0.332 e. The summed E-state index contributed by atoms with van der Waals surface area (Å²) in [5.74, 6) is 0. The van der Waals surface area contributed by atoms with Gasteiger partial charge < -0.3 is 0 Å². The Morgan fingerprint density at radius 2 is 1.57 bits per heavy atom. The second-order valence-corrected chi connectivity index (χ2v) is 6.80. The van der Waals surface area contributed by atoms with E-state index in [-0.39, 0.29) is 17.3 Å². The maximum atomic E-state index is 13.3. The molecule has 4 rings (SSSR count). The fourth-order valence-corrected chi connectivity index (χ4v) is 3.54. The molecule has 0 saturated heterocycles. The standard InChI is InChI=1S/C23H21N3O2/c1-17(19-11-6-3-7-12-19)26-20-13-8-15-24-21(20)22(27)25(23(26)28)16-14-18-9-4-2-5-10-18/h2-13,15,17H,14,16H2,1H3. The van der Waals surface area contributed by atoms with Crippen molar-refractivity contribution in [2.45, 2.75) is 25.9 Å². The summed E-state index contributed by atoms with van der Waals surface area (Å²) in [5, 5.41) is 0. The van der Waals surface area contributed by atoms with Gasteiger partial charge in [0.1, 0.15) is 0 Å². The van der Waals surface area contributed by atoms with Gasteiger partial charge in [-0.1, -0.05) is 60.7 Å². The van der Waals surface area contributed by atoms with Gasteiger partial charge in [-0.3, -0.25) is 13.9 Å². The molecular weight excluding hydrogens is 350 g/mol. The van der Waals surface area contributed by atoms with Gasteiger partial charge in [-0.2, -0.15) is 0 Å². The van der Waals surface area contributed by atoms with Gasteiger partial charge in [0.25, 0.3) is 5.56 Å². The quantitative estimate of drug-likeness (QED) is 0.540. The molecule has 2 aromatic carbocycles. The predicted molar refractivity (Wildman–Crippen MR) is 111 cm³/mol. The van der Waals surface area contributed by atoms with Gasteiger partial charge in [-0.15, -0.1) is 0 Å². The van der Waals surface area contributed by atoms with Crippen molar-refractivity contribution < 1.29 is 0 Å². The molecule has 0 radical (unpaired) electrons. The van der Waals surface area contributed by atoms with Crippen LogP contribution < -0.4 is 11.2 Å². The third-order valence-electron chi connectivity index (χ3n) is 5.07. The van der Waals surface area contributed by atoms with Crippen molar-refractivity contribution in [2.75, 3.05) is 0 Å². The molecule has 0 aliphatic carbocycles. The Bertz CT molecular complexity index is 1210. The fourth-order valence-electron chi connectivity index (χ4n) is 3.54. The Hall–Kier alpha value is -3.47. The van der Waals surface area contributed by atoms with E-state index in [2.05, 4.69) is 4.98 Å². The van der Waals surface area contributed by atoms with Gasteiger partial charge in [-0.05, 0) is 36.6 Å². The van der Waals surface area contributed by atoms with Gasteiger partial charge in [0.05, 0.1) is 11.6 Å². The van der Waals surface area contributed by atoms with Crippen LogP contribution in [0.3, 0.4) is 0 Å². The molecule has 2 aromatic heterocycles.